The highest BCUT2D eigenvalue weighted by molar-refractivity contribution is 5.97. The van der Waals surface area contributed by atoms with Gasteiger partial charge in [-0.3, -0.25) is 14.4 Å². The maximum Gasteiger partial charge on any atom is 0.270 e. The number of nitrogens with one attached hydrogen (secondary N) is 2. The van der Waals surface area contributed by atoms with Gasteiger partial charge < -0.3 is 20.1 Å². The fourth-order valence-corrected chi connectivity index (χ4v) is 4.56. The van der Waals surface area contributed by atoms with Gasteiger partial charge in [-0.25, -0.2) is 0 Å². The van der Waals surface area contributed by atoms with E-state index in [1.807, 2.05) is 29.7 Å². The van der Waals surface area contributed by atoms with E-state index in [2.05, 4.69) is 10.3 Å². The van der Waals surface area contributed by atoms with Crippen molar-refractivity contribution in [2.24, 2.45) is 0 Å². The molecule has 2 atom stereocenters. The zero-order chi connectivity index (χ0) is 20.7. The lowest BCUT2D eigenvalue weighted by atomic mass is 10.1. The van der Waals surface area contributed by atoms with Crippen molar-refractivity contribution in [3.8, 4) is 0 Å². The van der Waals surface area contributed by atoms with E-state index in [9.17, 15) is 14.4 Å². The van der Waals surface area contributed by atoms with Crippen LogP contribution in [0.1, 0.15) is 51.9 Å². The molecule has 2 unspecified atom stereocenters. The maximum atomic E-state index is 13.1. The van der Waals surface area contributed by atoms with Gasteiger partial charge in [0.25, 0.3) is 11.8 Å². The summed E-state index contributed by atoms with van der Waals surface area (Å²) in [6.07, 6.45) is 1.82. The number of hydrogen-bond donors (Lipinski definition) is 2. The van der Waals surface area contributed by atoms with Gasteiger partial charge in [-0.05, 0) is 62.6 Å². The van der Waals surface area contributed by atoms with Gasteiger partial charge in [0.15, 0.2) is 0 Å². The van der Waals surface area contributed by atoms with Gasteiger partial charge in [-0.1, -0.05) is 0 Å². The number of likely N-dealkylation sites (tertiary alicyclic amines) is 1. The number of rotatable bonds is 3. The molecule has 3 amide bonds. The summed E-state index contributed by atoms with van der Waals surface area (Å²) in [5, 5.41) is 2.71. The van der Waals surface area contributed by atoms with Crippen molar-refractivity contribution in [3.63, 3.8) is 0 Å². The van der Waals surface area contributed by atoms with Crippen molar-refractivity contribution in [1.29, 1.82) is 0 Å². The van der Waals surface area contributed by atoms with Gasteiger partial charge in [0.05, 0.1) is 12.1 Å². The minimum absolute atomic E-state index is 0.00845. The molecule has 0 radical (unpaired) electrons. The molecule has 7 nitrogen and oxygen atoms in total. The first kappa shape index (κ1) is 19.2. The van der Waals surface area contributed by atoms with E-state index in [-0.39, 0.29) is 29.8 Å². The summed E-state index contributed by atoms with van der Waals surface area (Å²) >= 11 is 0. The van der Waals surface area contributed by atoms with Crippen molar-refractivity contribution < 1.29 is 14.4 Å². The van der Waals surface area contributed by atoms with E-state index < -0.39 is 0 Å². The second kappa shape index (κ2) is 7.39. The Morgan fingerprint density at radius 2 is 1.62 bits per heavy atom. The number of carbonyl (C=O) groups excluding carboxylic acids is 3. The number of fused-ring (bicyclic) bond motifs is 2. The standard InChI is InChI=1S/C22H26N4O3/c1-13-10-14(2)23-20(13)22(29)25-11-18-8-9-19(12-25)26(18)21(28)16-4-6-17(7-5-16)24-15(3)27/h4-7,10,18-19,23H,8-9,11-12H2,1-3H3,(H,24,27). The molecular formula is C22H26N4O3. The van der Waals surface area contributed by atoms with Gasteiger partial charge in [-0.2, -0.15) is 0 Å². The Bertz CT molecular complexity index is 949. The number of amides is 3. The zero-order valence-electron chi connectivity index (χ0n) is 17.0. The number of hydrogen-bond acceptors (Lipinski definition) is 3. The van der Waals surface area contributed by atoms with Crippen molar-refractivity contribution in [2.45, 2.75) is 45.7 Å². The molecule has 2 fully saturated rings. The first-order valence-electron chi connectivity index (χ1n) is 9.99. The number of benzene rings is 1. The average molecular weight is 394 g/mol. The van der Waals surface area contributed by atoms with E-state index in [0.29, 0.717) is 30.0 Å². The quantitative estimate of drug-likeness (QED) is 0.839. The summed E-state index contributed by atoms with van der Waals surface area (Å²) in [4.78, 5) is 44.3. The number of anilines is 1. The van der Waals surface area contributed by atoms with Crippen molar-refractivity contribution in [3.05, 3.63) is 52.8 Å². The molecule has 1 aromatic carbocycles. The molecular weight excluding hydrogens is 368 g/mol. The van der Waals surface area contributed by atoms with E-state index in [1.165, 1.54) is 6.92 Å². The number of aromatic amines is 1. The molecule has 2 saturated heterocycles. The Kier molecular flexibility index (Phi) is 4.90. The van der Waals surface area contributed by atoms with Crippen LogP contribution in [-0.2, 0) is 4.79 Å². The highest BCUT2D eigenvalue weighted by Gasteiger charge is 2.44. The summed E-state index contributed by atoms with van der Waals surface area (Å²) < 4.78 is 0. The molecule has 2 aliphatic rings. The third-order valence-electron chi connectivity index (χ3n) is 5.82. The molecule has 7 heteroatoms. The van der Waals surface area contributed by atoms with Gasteiger partial charge >= 0.3 is 0 Å². The van der Waals surface area contributed by atoms with Crippen LogP contribution in [0.3, 0.4) is 0 Å². The smallest absolute Gasteiger partial charge is 0.270 e. The van der Waals surface area contributed by atoms with Crippen molar-refractivity contribution in [2.75, 3.05) is 18.4 Å². The Morgan fingerprint density at radius 3 is 2.14 bits per heavy atom. The van der Waals surface area contributed by atoms with E-state index >= 15 is 0 Å². The summed E-state index contributed by atoms with van der Waals surface area (Å²) in [5.41, 5.74) is 3.86. The maximum absolute atomic E-state index is 13.1. The SMILES string of the molecule is CC(=O)Nc1ccc(C(=O)N2C3CCC2CN(C(=O)c2[nH]c(C)cc2C)C3)cc1. The largest absolute Gasteiger partial charge is 0.354 e. The van der Waals surface area contributed by atoms with Crippen LogP contribution in [0.25, 0.3) is 0 Å². The average Bonchev–Trinajstić information content (AvgIpc) is 3.15. The van der Waals surface area contributed by atoms with E-state index in [0.717, 1.165) is 24.1 Å². The second-order valence-corrected chi connectivity index (χ2v) is 8.08. The van der Waals surface area contributed by atoms with Crippen LogP contribution in [0, 0.1) is 13.8 Å². The fraction of sp³-hybridized carbons (Fsp3) is 0.409. The number of nitrogens with zero attached hydrogens (tertiary/aromatic N) is 2. The zero-order valence-corrected chi connectivity index (χ0v) is 17.0. The van der Waals surface area contributed by atoms with Crippen LogP contribution in [0.4, 0.5) is 5.69 Å². The Morgan fingerprint density at radius 1 is 1.00 bits per heavy atom. The fourth-order valence-electron chi connectivity index (χ4n) is 4.56. The Labute approximate surface area is 170 Å². The molecule has 152 valence electrons. The normalized spacial score (nSPS) is 20.7. The van der Waals surface area contributed by atoms with Crippen LogP contribution < -0.4 is 5.32 Å². The molecule has 1 aromatic heterocycles. The lowest BCUT2D eigenvalue weighted by Crippen LogP contribution is -2.57. The second-order valence-electron chi connectivity index (χ2n) is 8.08. The first-order valence-corrected chi connectivity index (χ1v) is 9.99. The summed E-state index contributed by atoms with van der Waals surface area (Å²) in [6, 6.07) is 9.03. The number of piperazine rings is 1. The Balaban J connectivity index is 1.48. The molecule has 4 rings (SSSR count). The highest BCUT2D eigenvalue weighted by Crippen LogP contribution is 2.32. The minimum Gasteiger partial charge on any atom is -0.354 e. The summed E-state index contributed by atoms with van der Waals surface area (Å²) in [5.74, 6) is -0.138. The first-order chi connectivity index (χ1) is 13.8. The van der Waals surface area contributed by atoms with Crippen LogP contribution in [0.15, 0.2) is 30.3 Å². The predicted molar refractivity (Wildman–Crippen MR) is 110 cm³/mol. The molecule has 2 aliphatic heterocycles. The molecule has 2 aromatic rings. The predicted octanol–water partition coefficient (Wildman–Crippen LogP) is 2.72. The minimum atomic E-state index is -0.143. The highest BCUT2D eigenvalue weighted by atomic mass is 16.2. The van der Waals surface area contributed by atoms with E-state index in [4.69, 9.17) is 0 Å². The summed E-state index contributed by atoms with van der Waals surface area (Å²) in [7, 11) is 0. The van der Waals surface area contributed by atoms with Gasteiger partial charge in [-0.15, -0.1) is 0 Å². The van der Waals surface area contributed by atoms with Crippen LogP contribution in [-0.4, -0.2) is 57.7 Å². The van der Waals surface area contributed by atoms with Crippen LogP contribution in [0.2, 0.25) is 0 Å². The monoisotopic (exact) mass is 394 g/mol. The molecule has 0 saturated carbocycles. The van der Waals surface area contributed by atoms with Crippen molar-refractivity contribution in [1.82, 2.24) is 14.8 Å². The molecule has 29 heavy (non-hydrogen) atoms. The lowest BCUT2D eigenvalue weighted by molar-refractivity contribution is -0.114. The number of H-pyrrole nitrogens is 1. The van der Waals surface area contributed by atoms with Gasteiger partial charge in [0.2, 0.25) is 5.91 Å². The number of aromatic nitrogens is 1. The summed E-state index contributed by atoms with van der Waals surface area (Å²) in [6.45, 7) is 6.45. The molecule has 2 N–H and O–H groups in total. The number of aryl methyl sites for hydroxylation is 2. The molecule has 2 bridgehead atoms. The molecule has 3 heterocycles. The van der Waals surface area contributed by atoms with E-state index in [1.54, 1.807) is 24.3 Å². The van der Waals surface area contributed by atoms with Crippen LogP contribution in [0.5, 0.6) is 0 Å². The molecule has 0 spiro atoms. The molecule has 0 aliphatic carbocycles. The van der Waals surface area contributed by atoms with Crippen LogP contribution >= 0.6 is 0 Å². The van der Waals surface area contributed by atoms with Gasteiger partial charge in [0.1, 0.15) is 5.69 Å². The topological polar surface area (TPSA) is 85.5 Å². The third-order valence-corrected chi connectivity index (χ3v) is 5.82. The third kappa shape index (κ3) is 3.64. The van der Waals surface area contributed by atoms with Gasteiger partial charge in [0, 0.05) is 37.0 Å². The Hall–Kier alpha value is -3.09. The van der Waals surface area contributed by atoms with Crippen molar-refractivity contribution >= 4 is 23.4 Å². The number of carbonyl (C=O) groups is 3. The lowest BCUT2D eigenvalue weighted by Gasteiger charge is -2.41.